The highest BCUT2D eigenvalue weighted by Crippen LogP contribution is 2.52. The van der Waals surface area contributed by atoms with Gasteiger partial charge in [-0.1, -0.05) is 0 Å². The third kappa shape index (κ3) is 4.53. The second-order valence-corrected chi connectivity index (χ2v) is 6.71. The molecule has 17 heavy (non-hydrogen) atoms. The van der Waals surface area contributed by atoms with Gasteiger partial charge in [0.2, 0.25) is 0 Å². The molecule has 0 spiro atoms. The van der Waals surface area contributed by atoms with Gasteiger partial charge in [-0.3, -0.25) is 9.36 Å². The van der Waals surface area contributed by atoms with E-state index in [4.69, 9.17) is 20.6 Å². The zero-order chi connectivity index (χ0) is 12.9. The molecule has 7 heteroatoms. The fraction of sp³-hybridized carbons (Fsp3) is 0.500. The van der Waals surface area contributed by atoms with Crippen molar-refractivity contribution in [1.29, 1.82) is 0 Å². The lowest BCUT2D eigenvalue weighted by Gasteiger charge is -2.15. The maximum Gasteiger partial charge on any atom is 0.335 e. The Morgan fingerprint density at radius 3 is 2.35 bits per heavy atom. The van der Waals surface area contributed by atoms with Crippen molar-refractivity contribution in [3.63, 3.8) is 0 Å². The van der Waals surface area contributed by atoms with Gasteiger partial charge in [-0.2, -0.15) is 0 Å². The van der Waals surface area contributed by atoms with Gasteiger partial charge in [-0.25, -0.2) is 0 Å². The predicted molar refractivity (Wildman–Crippen MR) is 69.1 cm³/mol. The molecule has 4 nitrogen and oxygen atoms in total. The van der Waals surface area contributed by atoms with Gasteiger partial charge >= 0.3 is 7.60 Å². The second kappa shape index (κ2) is 6.66. The first-order valence-corrected chi connectivity index (χ1v) is 8.09. The number of rotatable bonds is 7. The van der Waals surface area contributed by atoms with Crippen molar-refractivity contribution in [2.75, 3.05) is 13.2 Å². The lowest BCUT2D eigenvalue weighted by molar-refractivity contribution is 0.108. The van der Waals surface area contributed by atoms with E-state index < -0.39 is 12.8 Å². The Morgan fingerprint density at radius 1 is 1.35 bits per heavy atom. The van der Waals surface area contributed by atoms with E-state index in [2.05, 4.69) is 0 Å². The first kappa shape index (κ1) is 14.9. The molecular formula is C10H14ClO4PS. The first-order chi connectivity index (χ1) is 8.00. The van der Waals surface area contributed by atoms with Gasteiger partial charge in [0.25, 0.3) is 5.24 Å². The largest absolute Gasteiger partial charge is 0.335 e. The lowest BCUT2D eigenvalue weighted by Crippen LogP contribution is -1.97. The molecule has 1 rings (SSSR count). The van der Waals surface area contributed by atoms with E-state index in [0.29, 0.717) is 18.1 Å². The van der Waals surface area contributed by atoms with Crippen LogP contribution in [0, 0.1) is 0 Å². The minimum atomic E-state index is -3.10. The fourth-order valence-electron chi connectivity index (χ4n) is 1.28. The summed E-state index contributed by atoms with van der Waals surface area (Å²) in [6.45, 7) is 4.16. The zero-order valence-corrected chi connectivity index (χ0v) is 12.1. The highest BCUT2D eigenvalue weighted by atomic mass is 35.5. The summed E-state index contributed by atoms with van der Waals surface area (Å²) in [6.07, 6.45) is 0.170. The number of halogens is 1. The van der Waals surface area contributed by atoms with Crippen molar-refractivity contribution in [3.8, 4) is 0 Å². The smallest absolute Gasteiger partial charge is 0.309 e. The Hall–Kier alpha value is -0.190. The van der Waals surface area contributed by atoms with E-state index in [1.807, 2.05) is 0 Å². The van der Waals surface area contributed by atoms with Gasteiger partial charge in [0, 0.05) is 4.88 Å². The van der Waals surface area contributed by atoms with Crippen LogP contribution < -0.4 is 0 Å². The topological polar surface area (TPSA) is 52.6 Å². The average Bonchev–Trinajstić information content (AvgIpc) is 2.66. The van der Waals surface area contributed by atoms with Gasteiger partial charge in [0.05, 0.1) is 24.3 Å². The van der Waals surface area contributed by atoms with Crippen LogP contribution in [0.1, 0.15) is 28.4 Å². The molecule has 1 aromatic heterocycles. The molecule has 0 N–H and O–H groups in total. The van der Waals surface area contributed by atoms with Gasteiger partial charge in [-0.15, -0.1) is 11.3 Å². The third-order valence-corrected chi connectivity index (χ3v) is 5.50. The summed E-state index contributed by atoms with van der Waals surface area (Å²) in [6, 6.07) is 3.32. The minimum absolute atomic E-state index is 0.170. The summed E-state index contributed by atoms with van der Waals surface area (Å²) < 4.78 is 22.5. The van der Waals surface area contributed by atoms with Crippen LogP contribution in [-0.4, -0.2) is 18.5 Å². The molecule has 0 atom stereocenters. The molecule has 0 aliphatic carbocycles. The molecule has 1 heterocycles. The average molecular weight is 297 g/mol. The van der Waals surface area contributed by atoms with Crippen LogP contribution >= 0.6 is 30.5 Å². The molecule has 0 amide bonds. The van der Waals surface area contributed by atoms with Crippen LogP contribution in [0.3, 0.4) is 0 Å². The normalized spacial score (nSPS) is 11.7. The standard InChI is InChI=1S/C10H14ClO4PS/c1-3-14-16(13,15-4-2)7-8-5-6-9(17-8)10(11)12/h5-6H,3-4,7H2,1-2H3. The second-order valence-electron chi connectivity index (χ2n) is 3.14. The van der Waals surface area contributed by atoms with E-state index in [1.165, 1.54) is 11.3 Å². The molecule has 0 saturated carbocycles. The molecule has 0 aromatic carbocycles. The summed E-state index contributed by atoms with van der Waals surface area (Å²) in [5.41, 5.74) is 0. The molecule has 0 radical (unpaired) electrons. The van der Waals surface area contributed by atoms with Crippen molar-refractivity contribution in [2.24, 2.45) is 0 Å². The maximum absolute atomic E-state index is 12.2. The highest BCUT2D eigenvalue weighted by Gasteiger charge is 2.25. The monoisotopic (exact) mass is 296 g/mol. The van der Waals surface area contributed by atoms with Crippen molar-refractivity contribution in [1.82, 2.24) is 0 Å². The van der Waals surface area contributed by atoms with Crippen molar-refractivity contribution in [2.45, 2.75) is 20.0 Å². The van der Waals surface area contributed by atoms with Crippen LogP contribution in [0.5, 0.6) is 0 Å². The summed E-state index contributed by atoms with van der Waals surface area (Å²) in [7, 11) is -3.10. The SMILES string of the molecule is CCOP(=O)(Cc1ccc(C(=O)Cl)s1)OCC. The number of hydrogen-bond donors (Lipinski definition) is 0. The molecular weight excluding hydrogens is 283 g/mol. The third-order valence-electron chi connectivity index (χ3n) is 1.86. The summed E-state index contributed by atoms with van der Waals surface area (Å²) in [5.74, 6) is 0. The van der Waals surface area contributed by atoms with Crippen molar-refractivity contribution in [3.05, 3.63) is 21.9 Å². The number of carbonyl (C=O) groups excluding carboxylic acids is 1. The first-order valence-electron chi connectivity index (χ1n) is 5.17. The minimum Gasteiger partial charge on any atom is -0.309 e. The van der Waals surface area contributed by atoms with E-state index in [-0.39, 0.29) is 6.16 Å². The van der Waals surface area contributed by atoms with Crippen LogP contribution in [0.4, 0.5) is 0 Å². The van der Waals surface area contributed by atoms with Crippen LogP contribution in [0.2, 0.25) is 0 Å². The predicted octanol–water partition coefficient (Wildman–Crippen LogP) is 3.89. The highest BCUT2D eigenvalue weighted by molar-refractivity contribution is 7.53. The molecule has 1 aromatic rings. The Balaban J connectivity index is 2.78. The van der Waals surface area contributed by atoms with Crippen LogP contribution in [-0.2, 0) is 19.8 Å². The van der Waals surface area contributed by atoms with Gasteiger partial charge < -0.3 is 9.05 Å². The quantitative estimate of drug-likeness (QED) is 0.566. The number of hydrogen-bond acceptors (Lipinski definition) is 5. The molecule has 96 valence electrons. The molecule has 0 saturated heterocycles. The molecule has 0 bridgehead atoms. The molecule has 0 unspecified atom stereocenters. The zero-order valence-electron chi connectivity index (χ0n) is 9.64. The van der Waals surface area contributed by atoms with Crippen molar-refractivity contribution < 1.29 is 18.4 Å². The Kier molecular flexibility index (Phi) is 5.83. The van der Waals surface area contributed by atoms with Crippen LogP contribution in [0.15, 0.2) is 12.1 Å². The van der Waals surface area contributed by atoms with Crippen LogP contribution in [0.25, 0.3) is 0 Å². The fourth-order valence-corrected chi connectivity index (χ4v) is 4.36. The van der Waals surface area contributed by atoms with E-state index >= 15 is 0 Å². The summed E-state index contributed by atoms with van der Waals surface area (Å²) in [4.78, 5) is 12.1. The van der Waals surface area contributed by atoms with Crippen molar-refractivity contribution >= 4 is 35.8 Å². The lowest BCUT2D eigenvalue weighted by atomic mass is 10.4. The number of carbonyl (C=O) groups is 1. The van der Waals surface area contributed by atoms with Gasteiger partial charge in [0.1, 0.15) is 0 Å². The Morgan fingerprint density at radius 2 is 1.94 bits per heavy atom. The summed E-state index contributed by atoms with van der Waals surface area (Å²) >= 11 is 6.56. The summed E-state index contributed by atoms with van der Waals surface area (Å²) in [5, 5.41) is -0.510. The Bertz CT molecular complexity index is 422. The molecule has 0 aliphatic rings. The van der Waals surface area contributed by atoms with Gasteiger partial charge in [0.15, 0.2) is 0 Å². The van der Waals surface area contributed by atoms with E-state index in [9.17, 15) is 9.36 Å². The molecule has 0 aliphatic heterocycles. The van der Waals surface area contributed by atoms with E-state index in [1.54, 1.807) is 26.0 Å². The van der Waals surface area contributed by atoms with E-state index in [0.717, 1.165) is 4.88 Å². The Labute approximate surface area is 109 Å². The molecule has 0 fully saturated rings. The number of thiophene rings is 1. The maximum atomic E-state index is 12.2. The van der Waals surface area contributed by atoms with Gasteiger partial charge in [-0.05, 0) is 37.6 Å².